The molecule has 2 aliphatic heterocycles. The number of likely N-dealkylation sites (N-methyl/N-ethyl adjacent to an activating group) is 1. The summed E-state index contributed by atoms with van der Waals surface area (Å²) in [5.74, 6) is -0.360. The van der Waals surface area contributed by atoms with E-state index in [0.29, 0.717) is 25.4 Å². The van der Waals surface area contributed by atoms with Crippen LogP contribution in [0.2, 0.25) is 0 Å². The molecule has 2 fully saturated rings. The van der Waals surface area contributed by atoms with Gasteiger partial charge in [-0.25, -0.2) is 0 Å². The number of piperidine rings is 1. The van der Waals surface area contributed by atoms with Gasteiger partial charge in [-0.2, -0.15) is 0 Å². The fraction of sp³-hybridized carbons (Fsp3) is 0.636. The van der Waals surface area contributed by atoms with Gasteiger partial charge in [0, 0.05) is 51.7 Å². The van der Waals surface area contributed by atoms with Gasteiger partial charge in [0.05, 0.1) is 6.42 Å². The first-order chi connectivity index (χ1) is 13.4. The lowest BCUT2D eigenvalue weighted by Gasteiger charge is -2.46. The number of carbonyl (C=O) groups excluding carboxylic acids is 1. The first-order valence-electron chi connectivity index (χ1n) is 10.4. The fourth-order valence-corrected chi connectivity index (χ4v) is 4.56. The van der Waals surface area contributed by atoms with E-state index >= 15 is 0 Å². The van der Waals surface area contributed by atoms with E-state index in [1.165, 1.54) is 0 Å². The SMILES string of the molecule is Cc1ccccc1CC(=O)N1CC[C@@H](N2CCN(C)CC2)[C@@H](CCC(=O)O)C1. The monoisotopic (exact) mass is 387 g/mol. The van der Waals surface area contributed by atoms with Crippen LogP contribution in [0.4, 0.5) is 0 Å². The molecule has 1 aromatic carbocycles. The predicted molar refractivity (Wildman–Crippen MR) is 109 cm³/mol. The third kappa shape index (κ3) is 5.32. The molecular weight excluding hydrogens is 354 g/mol. The van der Waals surface area contributed by atoms with E-state index in [9.17, 15) is 14.7 Å². The topological polar surface area (TPSA) is 64.1 Å². The Hall–Kier alpha value is -1.92. The quantitative estimate of drug-likeness (QED) is 0.807. The molecule has 2 saturated heterocycles. The van der Waals surface area contributed by atoms with Gasteiger partial charge in [-0.05, 0) is 43.9 Å². The number of hydrogen-bond acceptors (Lipinski definition) is 4. The van der Waals surface area contributed by atoms with Gasteiger partial charge in [-0.3, -0.25) is 14.5 Å². The first-order valence-corrected chi connectivity index (χ1v) is 10.4. The van der Waals surface area contributed by atoms with Gasteiger partial charge in [-0.15, -0.1) is 0 Å². The van der Waals surface area contributed by atoms with Crippen molar-refractivity contribution in [3.8, 4) is 0 Å². The Morgan fingerprint density at radius 3 is 2.50 bits per heavy atom. The molecule has 1 N–H and O–H groups in total. The number of aliphatic carboxylic acids is 1. The van der Waals surface area contributed by atoms with Crippen molar-refractivity contribution in [3.05, 3.63) is 35.4 Å². The molecule has 2 aliphatic rings. The van der Waals surface area contributed by atoms with Gasteiger partial charge in [0.1, 0.15) is 0 Å². The number of benzene rings is 1. The Kier molecular flexibility index (Phi) is 7.08. The minimum atomic E-state index is -0.750. The molecule has 6 heteroatoms. The molecule has 0 aromatic heterocycles. The van der Waals surface area contributed by atoms with E-state index in [-0.39, 0.29) is 18.2 Å². The van der Waals surface area contributed by atoms with Crippen LogP contribution in [0.5, 0.6) is 0 Å². The van der Waals surface area contributed by atoms with Crippen LogP contribution >= 0.6 is 0 Å². The number of carbonyl (C=O) groups is 2. The number of amides is 1. The highest BCUT2D eigenvalue weighted by Gasteiger charge is 2.35. The van der Waals surface area contributed by atoms with Crippen LogP contribution in [0.3, 0.4) is 0 Å². The van der Waals surface area contributed by atoms with Crippen molar-refractivity contribution in [3.63, 3.8) is 0 Å². The molecule has 0 unspecified atom stereocenters. The molecule has 2 atom stereocenters. The summed E-state index contributed by atoms with van der Waals surface area (Å²) in [5.41, 5.74) is 2.22. The van der Waals surface area contributed by atoms with Crippen LogP contribution in [0.15, 0.2) is 24.3 Å². The summed E-state index contributed by atoms with van der Waals surface area (Å²) in [6.45, 7) is 7.65. The average molecular weight is 388 g/mol. The Morgan fingerprint density at radius 2 is 1.82 bits per heavy atom. The highest BCUT2D eigenvalue weighted by atomic mass is 16.4. The summed E-state index contributed by atoms with van der Waals surface area (Å²) in [5, 5.41) is 9.18. The molecule has 154 valence electrons. The highest BCUT2D eigenvalue weighted by Crippen LogP contribution is 2.28. The minimum absolute atomic E-state index is 0.159. The average Bonchev–Trinajstić information content (AvgIpc) is 2.68. The van der Waals surface area contributed by atoms with Gasteiger partial charge >= 0.3 is 5.97 Å². The van der Waals surface area contributed by atoms with Crippen molar-refractivity contribution >= 4 is 11.9 Å². The van der Waals surface area contributed by atoms with Crippen molar-refractivity contribution in [1.82, 2.24) is 14.7 Å². The number of hydrogen-bond donors (Lipinski definition) is 1. The van der Waals surface area contributed by atoms with E-state index in [1.54, 1.807) is 0 Å². The highest BCUT2D eigenvalue weighted by molar-refractivity contribution is 5.79. The van der Waals surface area contributed by atoms with Crippen molar-refractivity contribution in [2.75, 3.05) is 46.3 Å². The standard InChI is InChI=1S/C22H33N3O3/c1-17-5-3-4-6-18(17)15-21(26)25-10-9-20(19(16-25)7-8-22(27)28)24-13-11-23(2)12-14-24/h3-6,19-20H,7-16H2,1-2H3,(H,27,28)/t19-,20+/m0/s1. The molecule has 0 spiro atoms. The van der Waals surface area contributed by atoms with Gasteiger partial charge in [-0.1, -0.05) is 24.3 Å². The molecule has 6 nitrogen and oxygen atoms in total. The van der Waals surface area contributed by atoms with E-state index < -0.39 is 5.97 Å². The van der Waals surface area contributed by atoms with Crippen molar-refractivity contribution in [2.24, 2.45) is 5.92 Å². The smallest absolute Gasteiger partial charge is 0.303 e. The zero-order valence-corrected chi connectivity index (χ0v) is 17.1. The van der Waals surface area contributed by atoms with Crippen LogP contribution in [0, 0.1) is 12.8 Å². The molecule has 3 rings (SSSR count). The molecular formula is C22H33N3O3. The molecule has 1 aromatic rings. The zero-order valence-electron chi connectivity index (χ0n) is 17.1. The van der Waals surface area contributed by atoms with Gasteiger partial charge in [0.2, 0.25) is 5.91 Å². The fourth-order valence-electron chi connectivity index (χ4n) is 4.56. The summed E-state index contributed by atoms with van der Waals surface area (Å²) >= 11 is 0. The maximum atomic E-state index is 12.9. The van der Waals surface area contributed by atoms with Crippen LogP contribution in [0.25, 0.3) is 0 Å². The van der Waals surface area contributed by atoms with Gasteiger partial charge in [0.15, 0.2) is 0 Å². The Labute approximate surface area is 168 Å². The van der Waals surface area contributed by atoms with Crippen LogP contribution in [0.1, 0.15) is 30.4 Å². The number of carboxylic acids is 1. The Balaban J connectivity index is 1.65. The first kappa shape index (κ1) is 20.8. The Bertz CT molecular complexity index is 685. The second-order valence-electron chi connectivity index (χ2n) is 8.33. The summed E-state index contributed by atoms with van der Waals surface area (Å²) in [6.07, 6.45) is 2.18. The molecule has 0 bridgehead atoms. The number of carboxylic acid groups (broad SMARTS) is 1. The van der Waals surface area contributed by atoms with Gasteiger partial charge in [0.25, 0.3) is 0 Å². The molecule has 28 heavy (non-hydrogen) atoms. The van der Waals surface area contributed by atoms with E-state index in [4.69, 9.17) is 0 Å². The summed E-state index contributed by atoms with van der Waals surface area (Å²) < 4.78 is 0. The Morgan fingerprint density at radius 1 is 1.11 bits per heavy atom. The maximum Gasteiger partial charge on any atom is 0.303 e. The lowest BCUT2D eigenvalue weighted by molar-refractivity contribution is -0.137. The third-order valence-corrected chi connectivity index (χ3v) is 6.39. The number of piperazine rings is 1. The van der Waals surface area contributed by atoms with Crippen molar-refractivity contribution < 1.29 is 14.7 Å². The summed E-state index contributed by atoms with van der Waals surface area (Å²) in [4.78, 5) is 30.9. The second-order valence-corrected chi connectivity index (χ2v) is 8.33. The third-order valence-electron chi connectivity index (χ3n) is 6.39. The number of aryl methyl sites for hydroxylation is 1. The van der Waals surface area contributed by atoms with Crippen molar-refractivity contribution in [2.45, 2.75) is 38.6 Å². The summed E-state index contributed by atoms with van der Waals surface area (Å²) in [7, 11) is 2.14. The molecule has 0 saturated carbocycles. The maximum absolute atomic E-state index is 12.9. The van der Waals surface area contributed by atoms with Crippen molar-refractivity contribution in [1.29, 1.82) is 0 Å². The molecule has 0 radical (unpaired) electrons. The van der Waals surface area contributed by atoms with E-state index in [1.807, 2.05) is 36.1 Å². The summed E-state index contributed by atoms with van der Waals surface area (Å²) in [6, 6.07) is 8.41. The molecule has 0 aliphatic carbocycles. The lowest BCUT2D eigenvalue weighted by Crippen LogP contribution is -2.57. The lowest BCUT2D eigenvalue weighted by atomic mass is 9.86. The van der Waals surface area contributed by atoms with Gasteiger partial charge < -0.3 is 14.9 Å². The van der Waals surface area contributed by atoms with Crippen LogP contribution in [-0.4, -0.2) is 84.0 Å². The predicted octanol–water partition coefficient (Wildman–Crippen LogP) is 1.87. The van der Waals surface area contributed by atoms with E-state index in [2.05, 4.69) is 16.8 Å². The van der Waals surface area contributed by atoms with E-state index in [0.717, 1.165) is 50.3 Å². The molecule has 2 heterocycles. The second kappa shape index (κ2) is 9.52. The normalized spacial score (nSPS) is 24.3. The number of rotatable bonds is 6. The largest absolute Gasteiger partial charge is 0.481 e. The van der Waals surface area contributed by atoms with Crippen LogP contribution < -0.4 is 0 Å². The number of likely N-dealkylation sites (tertiary alicyclic amines) is 1. The minimum Gasteiger partial charge on any atom is -0.481 e. The zero-order chi connectivity index (χ0) is 20.1. The van der Waals surface area contributed by atoms with Crippen LogP contribution in [-0.2, 0) is 16.0 Å². The molecule has 1 amide bonds. The number of nitrogens with zero attached hydrogens (tertiary/aromatic N) is 3.